The van der Waals surface area contributed by atoms with Crippen LogP contribution in [0.4, 0.5) is 0 Å². The molecule has 0 N–H and O–H groups in total. The monoisotopic (exact) mass is 201 g/mol. The van der Waals surface area contributed by atoms with Crippen LogP contribution in [0.1, 0.15) is 34.1 Å². The van der Waals surface area contributed by atoms with Gasteiger partial charge in [-0.15, -0.1) is 0 Å². The van der Waals surface area contributed by atoms with Gasteiger partial charge in [-0.3, -0.25) is 0 Å². The summed E-state index contributed by atoms with van der Waals surface area (Å²) in [6.07, 6.45) is 1.35. The van der Waals surface area contributed by atoms with Crippen molar-refractivity contribution in [3.8, 4) is 0 Å². The van der Waals surface area contributed by atoms with Gasteiger partial charge < -0.3 is 9.38 Å². The second-order valence-corrected chi connectivity index (χ2v) is 4.68. The highest BCUT2D eigenvalue weighted by molar-refractivity contribution is 4.58. The van der Waals surface area contributed by atoms with Crippen LogP contribution in [0.2, 0.25) is 0 Å². The third-order valence-electron chi connectivity index (χ3n) is 3.45. The number of nitrogens with zero attached hydrogens (tertiary/aromatic N) is 2. The molecule has 1 atom stereocenters. The lowest BCUT2D eigenvalue weighted by atomic mass is 10.2. The Bertz CT molecular complexity index is 145. The van der Waals surface area contributed by atoms with E-state index < -0.39 is 0 Å². The summed E-state index contributed by atoms with van der Waals surface area (Å²) in [6, 6.07) is 0.775. The van der Waals surface area contributed by atoms with E-state index in [1.807, 2.05) is 13.8 Å². The van der Waals surface area contributed by atoms with E-state index in [0.29, 0.717) is 0 Å². The van der Waals surface area contributed by atoms with E-state index in [-0.39, 0.29) is 0 Å². The highest BCUT2D eigenvalue weighted by atomic mass is 15.4. The van der Waals surface area contributed by atoms with Gasteiger partial charge in [0.1, 0.15) is 0 Å². The molecule has 1 rings (SSSR count). The maximum absolute atomic E-state index is 2.45. The van der Waals surface area contributed by atoms with Crippen LogP contribution in [-0.2, 0) is 0 Å². The molecule has 14 heavy (non-hydrogen) atoms. The molecule has 0 aromatic carbocycles. The first-order valence-electron chi connectivity index (χ1n) is 6.07. The van der Waals surface area contributed by atoms with Crippen LogP contribution in [0.3, 0.4) is 0 Å². The van der Waals surface area contributed by atoms with Crippen molar-refractivity contribution in [2.45, 2.75) is 40.2 Å². The fourth-order valence-electron chi connectivity index (χ4n) is 1.84. The predicted molar refractivity (Wildman–Crippen MR) is 64.5 cm³/mol. The van der Waals surface area contributed by atoms with Gasteiger partial charge in [-0.25, -0.2) is 0 Å². The summed E-state index contributed by atoms with van der Waals surface area (Å²) in [5.74, 6) is 0. The third kappa shape index (κ3) is 3.97. The minimum absolute atomic E-state index is 0.775. The van der Waals surface area contributed by atoms with E-state index in [1.165, 1.54) is 37.1 Å². The first-order valence-corrected chi connectivity index (χ1v) is 6.07. The Morgan fingerprint density at radius 2 is 1.64 bits per heavy atom. The molecule has 1 heterocycles. The van der Waals surface area contributed by atoms with Crippen LogP contribution in [0, 0.1) is 0 Å². The number of hydrogen-bond donors (Lipinski definition) is 0. The zero-order valence-electron chi connectivity index (χ0n) is 11.0. The minimum atomic E-state index is 0.775. The van der Waals surface area contributed by atoms with Crippen LogP contribution in [0.5, 0.6) is 0 Å². The van der Waals surface area contributed by atoms with Crippen molar-refractivity contribution in [2.24, 2.45) is 0 Å². The molecule has 0 amide bonds. The van der Waals surface area contributed by atoms with Crippen LogP contribution < -0.4 is 0 Å². The van der Waals surface area contributed by atoms with Crippen LogP contribution >= 0.6 is 0 Å². The Balaban J connectivity index is 0.000000791. The Labute approximate surface area is 90.5 Å². The van der Waals surface area contributed by atoms with Crippen molar-refractivity contribution in [3.05, 3.63) is 0 Å². The van der Waals surface area contributed by atoms with Crippen molar-refractivity contribution in [2.75, 3.05) is 40.3 Å². The molecule has 0 saturated carbocycles. The molecule has 0 aromatic heterocycles. The van der Waals surface area contributed by atoms with E-state index in [4.69, 9.17) is 0 Å². The Hall–Kier alpha value is -0.0800. The maximum atomic E-state index is 2.45. The fraction of sp³-hybridized carbons (Fsp3) is 1.00. The quantitative estimate of drug-likeness (QED) is 0.588. The number of hydrogen-bond acceptors (Lipinski definition) is 1. The summed E-state index contributed by atoms with van der Waals surface area (Å²) in [4.78, 5) is 2.45. The second-order valence-electron chi connectivity index (χ2n) is 4.68. The van der Waals surface area contributed by atoms with Crippen molar-refractivity contribution >= 4 is 0 Å². The fourth-order valence-corrected chi connectivity index (χ4v) is 1.84. The molecule has 1 unspecified atom stereocenters. The van der Waals surface area contributed by atoms with Gasteiger partial charge in [0.15, 0.2) is 0 Å². The van der Waals surface area contributed by atoms with E-state index in [1.54, 1.807) is 0 Å². The lowest BCUT2D eigenvalue weighted by Crippen LogP contribution is -2.51. The zero-order valence-corrected chi connectivity index (χ0v) is 11.0. The van der Waals surface area contributed by atoms with Crippen molar-refractivity contribution < 1.29 is 4.48 Å². The molecule has 1 saturated heterocycles. The SMILES string of the molecule is CC.CC(C)[N+]1(C)CCCN(C)CC1. The Morgan fingerprint density at radius 3 is 2.14 bits per heavy atom. The summed E-state index contributed by atoms with van der Waals surface area (Å²) in [5, 5.41) is 0. The maximum Gasteiger partial charge on any atom is 0.0915 e. The van der Waals surface area contributed by atoms with E-state index in [0.717, 1.165) is 6.04 Å². The molecular formula is C12H29N2+. The highest BCUT2D eigenvalue weighted by Gasteiger charge is 2.27. The van der Waals surface area contributed by atoms with Gasteiger partial charge in [-0.2, -0.15) is 0 Å². The first-order chi connectivity index (χ1) is 6.54. The topological polar surface area (TPSA) is 3.24 Å². The lowest BCUT2D eigenvalue weighted by Gasteiger charge is -2.37. The normalized spacial score (nSPS) is 29.4. The van der Waals surface area contributed by atoms with Gasteiger partial charge in [-0.05, 0) is 20.9 Å². The van der Waals surface area contributed by atoms with Crippen LogP contribution in [-0.4, -0.2) is 55.7 Å². The smallest absolute Gasteiger partial charge is 0.0915 e. The summed E-state index contributed by atoms with van der Waals surface area (Å²) in [6.45, 7) is 13.9. The van der Waals surface area contributed by atoms with Crippen molar-refractivity contribution in [1.29, 1.82) is 0 Å². The van der Waals surface area contributed by atoms with Crippen molar-refractivity contribution in [1.82, 2.24) is 4.90 Å². The third-order valence-corrected chi connectivity index (χ3v) is 3.45. The lowest BCUT2D eigenvalue weighted by molar-refractivity contribution is -0.927. The standard InChI is InChI=1S/C10H23N2.C2H6/c1-10(2)12(4)8-5-6-11(3)7-9-12;1-2/h10H,5-9H2,1-4H3;1-2H3/q+1;. The van der Waals surface area contributed by atoms with Crippen LogP contribution in [0.15, 0.2) is 0 Å². The number of likely N-dealkylation sites (N-methyl/N-ethyl adjacent to an activating group) is 2. The molecule has 0 bridgehead atoms. The zero-order chi connectivity index (χ0) is 11.2. The molecule has 86 valence electrons. The number of quaternary nitrogens is 1. The molecule has 0 radical (unpaired) electrons. The molecule has 2 heteroatoms. The average molecular weight is 201 g/mol. The van der Waals surface area contributed by atoms with E-state index in [2.05, 4.69) is 32.8 Å². The average Bonchev–Trinajstić information content (AvgIpc) is 2.33. The van der Waals surface area contributed by atoms with E-state index >= 15 is 0 Å². The first kappa shape index (κ1) is 13.9. The molecule has 1 aliphatic heterocycles. The van der Waals surface area contributed by atoms with Crippen molar-refractivity contribution in [3.63, 3.8) is 0 Å². The highest BCUT2D eigenvalue weighted by Crippen LogP contribution is 2.14. The molecule has 0 aliphatic carbocycles. The molecule has 0 aromatic rings. The number of rotatable bonds is 1. The molecule has 1 aliphatic rings. The summed E-state index contributed by atoms with van der Waals surface area (Å²) >= 11 is 0. The second kappa shape index (κ2) is 6.41. The molecule has 2 nitrogen and oxygen atoms in total. The van der Waals surface area contributed by atoms with Gasteiger partial charge in [0.05, 0.1) is 26.2 Å². The predicted octanol–water partition coefficient (Wildman–Crippen LogP) is 2.20. The van der Waals surface area contributed by atoms with Gasteiger partial charge in [0.25, 0.3) is 0 Å². The van der Waals surface area contributed by atoms with Crippen LogP contribution in [0.25, 0.3) is 0 Å². The van der Waals surface area contributed by atoms with E-state index in [9.17, 15) is 0 Å². The van der Waals surface area contributed by atoms with Gasteiger partial charge in [0.2, 0.25) is 0 Å². The van der Waals surface area contributed by atoms with Gasteiger partial charge >= 0.3 is 0 Å². The molecular weight excluding hydrogens is 172 g/mol. The summed E-state index contributed by atoms with van der Waals surface area (Å²) in [7, 11) is 4.62. The van der Waals surface area contributed by atoms with Gasteiger partial charge in [0, 0.05) is 19.5 Å². The molecule has 0 spiro atoms. The minimum Gasteiger partial charge on any atom is -0.323 e. The Morgan fingerprint density at radius 1 is 1.07 bits per heavy atom. The Kier molecular flexibility index (Phi) is 6.38. The van der Waals surface area contributed by atoms with Gasteiger partial charge in [-0.1, -0.05) is 13.8 Å². The molecule has 1 fully saturated rings. The largest absolute Gasteiger partial charge is 0.323 e. The summed E-state index contributed by atoms with van der Waals surface area (Å²) in [5.41, 5.74) is 0. The summed E-state index contributed by atoms with van der Waals surface area (Å²) < 4.78 is 1.25.